The van der Waals surface area contributed by atoms with Crippen LogP contribution in [0.2, 0.25) is 5.02 Å². The summed E-state index contributed by atoms with van der Waals surface area (Å²) in [6, 6.07) is 12.3. The van der Waals surface area contributed by atoms with Gasteiger partial charge in [0.05, 0.1) is 0 Å². The van der Waals surface area contributed by atoms with Gasteiger partial charge in [-0.25, -0.2) is 4.79 Å². The van der Waals surface area contributed by atoms with Crippen molar-refractivity contribution in [3.05, 3.63) is 63.7 Å². The molecule has 1 N–H and O–H groups in total. The summed E-state index contributed by atoms with van der Waals surface area (Å²) in [4.78, 5) is 16.2. The lowest BCUT2D eigenvalue weighted by atomic mass is 9.84. The van der Waals surface area contributed by atoms with Crippen LogP contribution >= 0.6 is 11.6 Å². The van der Waals surface area contributed by atoms with Gasteiger partial charge in [0.2, 0.25) is 0 Å². The molecule has 0 spiro atoms. The number of carbonyl (C=O) groups is 1. The Hall–Kier alpha value is -2.08. The zero-order chi connectivity index (χ0) is 20.3. The first-order chi connectivity index (χ1) is 13.3. The standard InChI is InChI=1S/C22H28ClN3O2/c1-15-11-18-19(13-26(4)14-20(18)21(23)12-15)16-5-7-17(8-6-16)24-22(27)28-10-9-25(2)3/h5-8,11-12,19H,9-10,13-14H2,1-4H3,(H,24,27). The van der Waals surface area contributed by atoms with Crippen LogP contribution in [-0.2, 0) is 11.3 Å². The van der Waals surface area contributed by atoms with Crippen LogP contribution in [0.4, 0.5) is 10.5 Å². The average molecular weight is 402 g/mol. The summed E-state index contributed by atoms with van der Waals surface area (Å²) in [5, 5.41) is 3.62. The number of likely N-dealkylation sites (N-methyl/N-ethyl adjacent to an activating group) is 2. The van der Waals surface area contributed by atoms with Crippen LogP contribution in [0.15, 0.2) is 36.4 Å². The molecule has 1 unspecified atom stereocenters. The van der Waals surface area contributed by atoms with Gasteiger partial charge >= 0.3 is 6.09 Å². The molecule has 0 fully saturated rings. The van der Waals surface area contributed by atoms with Gasteiger partial charge in [0.15, 0.2) is 0 Å². The highest BCUT2D eigenvalue weighted by Gasteiger charge is 2.26. The van der Waals surface area contributed by atoms with Crippen molar-refractivity contribution in [1.82, 2.24) is 9.80 Å². The third-order valence-electron chi connectivity index (χ3n) is 5.00. The molecule has 150 valence electrons. The fourth-order valence-corrected chi connectivity index (χ4v) is 3.92. The molecule has 6 heteroatoms. The second-order valence-electron chi connectivity index (χ2n) is 7.75. The molecule has 28 heavy (non-hydrogen) atoms. The number of fused-ring (bicyclic) bond motifs is 1. The molecule has 2 aromatic carbocycles. The number of amides is 1. The van der Waals surface area contributed by atoms with E-state index < -0.39 is 6.09 Å². The smallest absolute Gasteiger partial charge is 0.411 e. The van der Waals surface area contributed by atoms with Crippen LogP contribution in [0.1, 0.15) is 28.2 Å². The number of hydrogen-bond donors (Lipinski definition) is 1. The van der Waals surface area contributed by atoms with Gasteiger partial charge in [0.1, 0.15) is 6.61 Å². The number of carbonyl (C=O) groups excluding carboxylic acids is 1. The number of anilines is 1. The van der Waals surface area contributed by atoms with E-state index in [0.717, 1.165) is 23.8 Å². The molecule has 0 aromatic heterocycles. The molecule has 0 saturated carbocycles. The van der Waals surface area contributed by atoms with E-state index in [1.807, 2.05) is 37.2 Å². The zero-order valence-corrected chi connectivity index (χ0v) is 17.7. The summed E-state index contributed by atoms with van der Waals surface area (Å²) >= 11 is 6.52. The van der Waals surface area contributed by atoms with Crippen LogP contribution in [0.3, 0.4) is 0 Å². The molecule has 1 heterocycles. The van der Waals surface area contributed by atoms with Gasteiger partial charge in [-0.3, -0.25) is 5.32 Å². The van der Waals surface area contributed by atoms with Crippen LogP contribution in [0.5, 0.6) is 0 Å². The van der Waals surface area contributed by atoms with Crippen molar-refractivity contribution in [3.8, 4) is 0 Å². The van der Waals surface area contributed by atoms with Gasteiger partial charge in [-0.1, -0.05) is 29.8 Å². The normalized spacial score (nSPS) is 16.7. The number of ether oxygens (including phenoxy) is 1. The Morgan fingerprint density at radius 3 is 2.68 bits per heavy atom. The average Bonchev–Trinajstić information content (AvgIpc) is 2.62. The fraction of sp³-hybridized carbons (Fsp3) is 0.409. The highest BCUT2D eigenvalue weighted by molar-refractivity contribution is 6.31. The van der Waals surface area contributed by atoms with E-state index in [9.17, 15) is 4.79 Å². The van der Waals surface area contributed by atoms with Crippen molar-refractivity contribution < 1.29 is 9.53 Å². The van der Waals surface area contributed by atoms with Gasteiger partial charge in [0, 0.05) is 36.3 Å². The Morgan fingerprint density at radius 1 is 1.29 bits per heavy atom. The Balaban J connectivity index is 1.73. The number of nitrogens with zero attached hydrogens (tertiary/aromatic N) is 2. The molecule has 1 aliphatic heterocycles. The second kappa shape index (κ2) is 8.95. The van der Waals surface area contributed by atoms with E-state index in [0.29, 0.717) is 13.2 Å². The molecule has 0 aliphatic carbocycles. The number of hydrogen-bond acceptors (Lipinski definition) is 4. The Morgan fingerprint density at radius 2 is 2.00 bits per heavy atom. The molecule has 1 atom stereocenters. The molecular weight excluding hydrogens is 374 g/mol. The van der Waals surface area contributed by atoms with E-state index in [1.54, 1.807) is 0 Å². The third-order valence-corrected chi connectivity index (χ3v) is 5.34. The summed E-state index contributed by atoms with van der Waals surface area (Å²) in [5.41, 5.74) is 5.62. The number of rotatable bonds is 5. The van der Waals surface area contributed by atoms with Gasteiger partial charge in [-0.15, -0.1) is 0 Å². The minimum absolute atomic E-state index is 0.257. The maximum absolute atomic E-state index is 11.9. The first-order valence-corrected chi connectivity index (χ1v) is 9.87. The quantitative estimate of drug-likeness (QED) is 0.809. The molecule has 1 aliphatic rings. The first kappa shape index (κ1) is 20.6. The van der Waals surface area contributed by atoms with Crippen molar-refractivity contribution in [2.45, 2.75) is 19.4 Å². The molecule has 0 saturated heterocycles. The van der Waals surface area contributed by atoms with Gasteiger partial charge in [-0.05, 0) is 68.5 Å². The lowest BCUT2D eigenvalue weighted by molar-refractivity contribution is 0.151. The maximum atomic E-state index is 11.9. The maximum Gasteiger partial charge on any atom is 0.411 e. The van der Waals surface area contributed by atoms with E-state index in [1.165, 1.54) is 22.3 Å². The van der Waals surface area contributed by atoms with Crippen LogP contribution in [0, 0.1) is 6.92 Å². The van der Waals surface area contributed by atoms with E-state index in [4.69, 9.17) is 16.3 Å². The predicted octanol–water partition coefficient (Wildman–Crippen LogP) is 4.34. The summed E-state index contributed by atoms with van der Waals surface area (Å²) in [6.07, 6.45) is -0.431. The zero-order valence-electron chi connectivity index (χ0n) is 17.0. The predicted molar refractivity (Wildman–Crippen MR) is 114 cm³/mol. The lowest BCUT2D eigenvalue weighted by Gasteiger charge is -2.33. The molecule has 1 amide bonds. The van der Waals surface area contributed by atoms with Crippen molar-refractivity contribution in [2.24, 2.45) is 0 Å². The Bertz CT molecular complexity index is 836. The summed E-state index contributed by atoms with van der Waals surface area (Å²) in [6.45, 7) is 4.94. The van der Waals surface area contributed by atoms with Gasteiger partial charge < -0.3 is 14.5 Å². The fourth-order valence-electron chi connectivity index (χ4n) is 3.58. The molecule has 2 aromatic rings. The number of aryl methyl sites for hydroxylation is 1. The molecule has 5 nitrogen and oxygen atoms in total. The second-order valence-corrected chi connectivity index (χ2v) is 8.16. The highest BCUT2D eigenvalue weighted by atomic mass is 35.5. The van der Waals surface area contributed by atoms with Crippen molar-refractivity contribution in [2.75, 3.05) is 46.2 Å². The number of nitrogens with one attached hydrogen (secondary N) is 1. The van der Waals surface area contributed by atoms with Crippen LogP contribution in [0.25, 0.3) is 0 Å². The molecule has 3 rings (SSSR count). The van der Waals surface area contributed by atoms with Gasteiger partial charge in [0.25, 0.3) is 0 Å². The highest BCUT2D eigenvalue weighted by Crippen LogP contribution is 2.37. The van der Waals surface area contributed by atoms with Gasteiger partial charge in [-0.2, -0.15) is 0 Å². The van der Waals surface area contributed by atoms with E-state index >= 15 is 0 Å². The summed E-state index contributed by atoms with van der Waals surface area (Å²) in [5.74, 6) is 0.257. The van der Waals surface area contributed by atoms with Crippen molar-refractivity contribution in [3.63, 3.8) is 0 Å². The van der Waals surface area contributed by atoms with E-state index in [2.05, 4.69) is 42.4 Å². The topological polar surface area (TPSA) is 44.8 Å². The summed E-state index contributed by atoms with van der Waals surface area (Å²) < 4.78 is 5.18. The van der Waals surface area contributed by atoms with Crippen molar-refractivity contribution in [1.29, 1.82) is 0 Å². The number of benzene rings is 2. The minimum atomic E-state index is -0.431. The van der Waals surface area contributed by atoms with Crippen LogP contribution < -0.4 is 5.32 Å². The van der Waals surface area contributed by atoms with Crippen molar-refractivity contribution >= 4 is 23.4 Å². The van der Waals surface area contributed by atoms with E-state index in [-0.39, 0.29) is 5.92 Å². The minimum Gasteiger partial charge on any atom is -0.448 e. The first-order valence-electron chi connectivity index (χ1n) is 9.49. The molecular formula is C22H28ClN3O2. The third kappa shape index (κ3) is 5.04. The van der Waals surface area contributed by atoms with Crippen LogP contribution in [-0.4, -0.2) is 56.7 Å². The Labute approximate surface area is 172 Å². The molecule has 0 bridgehead atoms. The largest absolute Gasteiger partial charge is 0.448 e. The number of halogens is 1. The Kier molecular flexibility index (Phi) is 6.60. The SMILES string of the molecule is Cc1cc(Cl)c2c(c1)C(c1ccc(NC(=O)OCCN(C)C)cc1)CN(C)C2. The lowest BCUT2D eigenvalue weighted by Crippen LogP contribution is -2.31. The summed E-state index contributed by atoms with van der Waals surface area (Å²) in [7, 11) is 6.00. The monoisotopic (exact) mass is 401 g/mol. The molecule has 0 radical (unpaired) electrons.